The molecule has 0 fully saturated rings. The van der Waals surface area contributed by atoms with Crippen LogP contribution in [0.15, 0.2) is 29.6 Å². The topological polar surface area (TPSA) is 67.3 Å². The Morgan fingerprint density at radius 3 is 2.45 bits per heavy atom. The van der Waals surface area contributed by atoms with Gasteiger partial charge in [0.1, 0.15) is 5.82 Å². The van der Waals surface area contributed by atoms with Crippen molar-refractivity contribution in [1.29, 1.82) is 0 Å². The molecule has 120 valence electrons. The Bertz CT molecular complexity index is 724. The van der Waals surface area contributed by atoms with E-state index in [4.69, 9.17) is 0 Å². The number of benzene rings is 1. The third-order valence-electron chi connectivity index (χ3n) is 3.10. The van der Waals surface area contributed by atoms with Gasteiger partial charge >= 0.3 is 0 Å². The van der Waals surface area contributed by atoms with E-state index in [1.807, 2.05) is 13.8 Å². The van der Waals surface area contributed by atoms with Crippen LogP contribution in [0, 0.1) is 5.82 Å². The summed E-state index contributed by atoms with van der Waals surface area (Å²) in [5.41, 5.74) is 0.881. The van der Waals surface area contributed by atoms with E-state index in [-0.39, 0.29) is 11.7 Å². The molecule has 1 atom stereocenters. The maximum absolute atomic E-state index is 12.8. The summed E-state index contributed by atoms with van der Waals surface area (Å²) in [5, 5.41) is 12.6. The summed E-state index contributed by atoms with van der Waals surface area (Å²) in [5.74, 6) is -0.782. The third-order valence-corrected chi connectivity index (χ3v) is 5.85. The average Bonchev–Trinajstić information content (AvgIpc) is 2.86. The van der Waals surface area contributed by atoms with E-state index < -0.39 is 27.5 Å². The SMILES string of the molecule is CC(C)c1nc(CS(=O)(=O)CC(O)c2ccc(F)cc2)cs1. The minimum atomic E-state index is -3.50. The molecule has 0 saturated heterocycles. The van der Waals surface area contributed by atoms with Gasteiger partial charge in [-0.1, -0.05) is 26.0 Å². The summed E-state index contributed by atoms with van der Waals surface area (Å²) in [6.07, 6.45) is -1.17. The van der Waals surface area contributed by atoms with Gasteiger partial charge in [-0.25, -0.2) is 17.8 Å². The normalized spacial score (nSPS) is 13.5. The fourth-order valence-electron chi connectivity index (χ4n) is 1.96. The van der Waals surface area contributed by atoms with Crippen molar-refractivity contribution in [3.05, 3.63) is 51.7 Å². The third kappa shape index (κ3) is 4.59. The first-order valence-corrected chi connectivity index (χ1v) is 9.55. The Morgan fingerprint density at radius 1 is 1.27 bits per heavy atom. The molecule has 0 saturated carbocycles. The Labute approximate surface area is 133 Å². The summed E-state index contributed by atoms with van der Waals surface area (Å²) in [6, 6.07) is 5.16. The molecule has 1 N–H and O–H groups in total. The van der Waals surface area contributed by atoms with Crippen LogP contribution >= 0.6 is 11.3 Å². The standard InChI is InChI=1S/C15H18FNO3S2/c1-10(2)15-17-13(7-21-15)8-22(19,20)9-14(18)11-3-5-12(16)6-4-11/h3-7,10,14,18H,8-9H2,1-2H3. The predicted octanol–water partition coefficient (Wildman–Crippen LogP) is 3.05. The quantitative estimate of drug-likeness (QED) is 0.875. The zero-order valence-electron chi connectivity index (χ0n) is 12.4. The number of rotatable bonds is 6. The first-order chi connectivity index (χ1) is 10.3. The van der Waals surface area contributed by atoms with Crippen LogP contribution in [-0.4, -0.2) is 24.3 Å². The summed E-state index contributed by atoms with van der Waals surface area (Å²) in [7, 11) is -3.50. The minimum Gasteiger partial charge on any atom is -0.387 e. The van der Waals surface area contributed by atoms with Crippen LogP contribution in [0.3, 0.4) is 0 Å². The molecule has 0 amide bonds. The molecule has 0 aliphatic heterocycles. The highest BCUT2D eigenvalue weighted by Crippen LogP contribution is 2.22. The number of sulfone groups is 1. The van der Waals surface area contributed by atoms with Gasteiger partial charge in [-0.05, 0) is 17.7 Å². The van der Waals surface area contributed by atoms with E-state index in [1.165, 1.54) is 35.6 Å². The second kappa shape index (κ2) is 6.85. The molecule has 0 radical (unpaired) electrons. The van der Waals surface area contributed by atoms with Gasteiger partial charge in [0, 0.05) is 11.3 Å². The summed E-state index contributed by atoms with van der Waals surface area (Å²) >= 11 is 1.44. The van der Waals surface area contributed by atoms with Gasteiger partial charge in [-0.2, -0.15) is 0 Å². The highest BCUT2D eigenvalue weighted by atomic mass is 32.2. The highest BCUT2D eigenvalue weighted by Gasteiger charge is 2.21. The number of thiazole rings is 1. The Kier molecular flexibility index (Phi) is 5.31. The van der Waals surface area contributed by atoms with Crippen LogP contribution in [0.5, 0.6) is 0 Å². The maximum Gasteiger partial charge on any atom is 0.158 e. The molecule has 2 rings (SSSR count). The average molecular weight is 343 g/mol. The molecular weight excluding hydrogens is 325 g/mol. The second-order valence-electron chi connectivity index (χ2n) is 5.45. The Hall–Kier alpha value is -1.31. The lowest BCUT2D eigenvalue weighted by Crippen LogP contribution is -2.16. The molecular formula is C15H18FNO3S2. The molecule has 1 heterocycles. The molecule has 7 heteroatoms. The number of hydrogen-bond donors (Lipinski definition) is 1. The lowest BCUT2D eigenvalue weighted by atomic mass is 10.1. The van der Waals surface area contributed by atoms with Crippen LogP contribution in [-0.2, 0) is 15.6 Å². The predicted molar refractivity (Wildman–Crippen MR) is 85.1 cm³/mol. The van der Waals surface area contributed by atoms with Crippen molar-refractivity contribution in [2.24, 2.45) is 0 Å². The Morgan fingerprint density at radius 2 is 1.91 bits per heavy atom. The van der Waals surface area contributed by atoms with Crippen molar-refractivity contribution in [1.82, 2.24) is 4.98 Å². The number of aliphatic hydroxyl groups excluding tert-OH is 1. The molecule has 1 unspecified atom stereocenters. The van der Waals surface area contributed by atoms with E-state index in [2.05, 4.69) is 4.98 Å². The van der Waals surface area contributed by atoms with Gasteiger partial charge < -0.3 is 5.11 Å². The number of halogens is 1. The van der Waals surface area contributed by atoms with Gasteiger partial charge in [-0.3, -0.25) is 0 Å². The van der Waals surface area contributed by atoms with E-state index in [9.17, 15) is 17.9 Å². The van der Waals surface area contributed by atoms with Gasteiger partial charge in [0.05, 0.1) is 28.3 Å². The molecule has 4 nitrogen and oxygen atoms in total. The van der Waals surface area contributed by atoms with Crippen molar-refractivity contribution < 1.29 is 17.9 Å². The number of aliphatic hydroxyl groups is 1. The smallest absolute Gasteiger partial charge is 0.158 e. The monoisotopic (exact) mass is 343 g/mol. The van der Waals surface area contributed by atoms with Gasteiger partial charge in [0.2, 0.25) is 0 Å². The summed E-state index contributed by atoms with van der Waals surface area (Å²) in [4.78, 5) is 4.29. The fourth-order valence-corrected chi connectivity index (χ4v) is 4.29. The van der Waals surface area contributed by atoms with Gasteiger partial charge in [0.15, 0.2) is 9.84 Å². The van der Waals surface area contributed by atoms with Crippen molar-refractivity contribution in [3.63, 3.8) is 0 Å². The van der Waals surface area contributed by atoms with E-state index >= 15 is 0 Å². The lowest BCUT2D eigenvalue weighted by Gasteiger charge is -2.11. The molecule has 0 bridgehead atoms. The van der Waals surface area contributed by atoms with Crippen molar-refractivity contribution in [3.8, 4) is 0 Å². The van der Waals surface area contributed by atoms with Crippen molar-refractivity contribution >= 4 is 21.2 Å². The maximum atomic E-state index is 12.8. The van der Waals surface area contributed by atoms with Crippen LogP contribution in [0.25, 0.3) is 0 Å². The zero-order valence-corrected chi connectivity index (χ0v) is 14.0. The van der Waals surface area contributed by atoms with E-state index in [0.29, 0.717) is 11.3 Å². The Balaban J connectivity index is 2.05. The summed E-state index contributed by atoms with van der Waals surface area (Å²) < 4.78 is 37.2. The lowest BCUT2D eigenvalue weighted by molar-refractivity contribution is 0.201. The molecule has 22 heavy (non-hydrogen) atoms. The van der Waals surface area contributed by atoms with E-state index in [1.54, 1.807) is 5.38 Å². The van der Waals surface area contributed by atoms with Crippen molar-refractivity contribution in [2.75, 3.05) is 5.75 Å². The van der Waals surface area contributed by atoms with Crippen LogP contribution in [0.4, 0.5) is 4.39 Å². The zero-order chi connectivity index (χ0) is 16.3. The molecule has 1 aromatic heterocycles. The van der Waals surface area contributed by atoms with Crippen LogP contribution in [0.1, 0.15) is 42.1 Å². The minimum absolute atomic E-state index is 0.200. The second-order valence-corrected chi connectivity index (χ2v) is 8.45. The summed E-state index contributed by atoms with van der Waals surface area (Å²) in [6.45, 7) is 3.99. The molecule has 2 aromatic rings. The van der Waals surface area contributed by atoms with Crippen LogP contribution < -0.4 is 0 Å². The highest BCUT2D eigenvalue weighted by molar-refractivity contribution is 7.90. The first-order valence-electron chi connectivity index (χ1n) is 6.85. The number of aromatic nitrogens is 1. The largest absolute Gasteiger partial charge is 0.387 e. The molecule has 0 spiro atoms. The van der Waals surface area contributed by atoms with E-state index in [0.717, 1.165) is 5.01 Å². The molecule has 0 aliphatic rings. The van der Waals surface area contributed by atoms with Gasteiger partial charge in [-0.15, -0.1) is 11.3 Å². The van der Waals surface area contributed by atoms with Gasteiger partial charge in [0.25, 0.3) is 0 Å². The number of hydrogen-bond acceptors (Lipinski definition) is 5. The van der Waals surface area contributed by atoms with Crippen LogP contribution in [0.2, 0.25) is 0 Å². The molecule has 0 aliphatic carbocycles. The number of nitrogens with zero attached hydrogens (tertiary/aromatic N) is 1. The molecule has 1 aromatic carbocycles. The first kappa shape index (κ1) is 17.1. The fraction of sp³-hybridized carbons (Fsp3) is 0.400. The van der Waals surface area contributed by atoms with Crippen molar-refractivity contribution in [2.45, 2.75) is 31.6 Å².